The van der Waals surface area contributed by atoms with E-state index in [4.69, 9.17) is 5.73 Å². The lowest BCUT2D eigenvalue weighted by molar-refractivity contribution is -0.185. The molecule has 22 heavy (non-hydrogen) atoms. The van der Waals surface area contributed by atoms with Crippen molar-refractivity contribution in [3.63, 3.8) is 0 Å². The molecule has 1 saturated heterocycles. The molecule has 8 heteroatoms. The standard InChI is InChI=1S/C14H16F3N3O2/c1-19(13(22)14(15,16)17)11-6-7-20(8-11)10-4-2-9(3-5-10)12(18)21/h2-5,11H,6-8H2,1H3,(H2,18,21). The van der Waals surface area contributed by atoms with E-state index in [-0.39, 0.29) is 0 Å². The molecule has 1 aliphatic rings. The fourth-order valence-electron chi connectivity index (χ4n) is 2.49. The van der Waals surface area contributed by atoms with E-state index in [1.54, 1.807) is 24.3 Å². The number of halogens is 3. The summed E-state index contributed by atoms with van der Waals surface area (Å²) in [4.78, 5) is 24.9. The van der Waals surface area contributed by atoms with Crippen LogP contribution in [0.25, 0.3) is 0 Å². The van der Waals surface area contributed by atoms with Gasteiger partial charge in [-0.15, -0.1) is 0 Å². The van der Waals surface area contributed by atoms with Gasteiger partial charge in [0, 0.05) is 31.4 Å². The number of alkyl halides is 3. The van der Waals surface area contributed by atoms with Gasteiger partial charge < -0.3 is 15.5 Å². The van der Waals surface area contributed by atoms with Crippen LogP contribution in [0.1, 0.15) is 16.8 Å². The molecule has 0 bridgehead atoms. The number of carbonyl (C=O) groups excluding carboxylic acids is 2. The quantitative estimate of drug-likeness (QED) is 0.916. The number of amides is 2. The van der Waals surface area contributed by atoms with E-state index in [9.17, 15) is 22.8 Å². The van der Waals surface area contributed by atoms with E-state index in [2.05, 4.69) is 0 Å². The van der Waals surface area contributed by atoms with Crippen molar-refractivity contribution in [2.45, 2.75) is 18.6 Å². The highest BCUT2D eigenvalue weighted by atomic mass is 19.4. The Labute approximate surface area is 125 Å². The molecular weight excluding hydrogens is 299 g/mol. The predicted octanol–water partition coefficient (Wildman–Crippen LogP) is 1.38. The molecule has 120 valence electrons. The molecule has 5 nitrogen and oxygen atoms in total. The predicted molar refractivity (Wildman–Crippen MR) is 74.4 cm³/mol. The Balaban J connectivity index is 2.03. The van der Waals surface area contributed by atoms with Crippen LogP contribution in [-0.4, -0.2) is 49.1 Å². The first-order chi connectivity index (χ1) is 10.2. The number of hydrogen-bond acceptors (Lipinski definition) is 3. The number of nitrogens with zero attached hydrogens (tertiary/aromatic N) is 2. The SMILES string of the molecule is CN(C(=O)C(F)(F)F)C1CCN(c2ccc(C(N)=O)cc2)C1. The third kappa shape index (κ3) is 3.32. The van der Waals surface area contributed by atoms with Crippen molar-refractivity contribution in [1.29, 1.82) is 0 Å². The first kappa shape index (κ1) is 16.1. The molecule has 0 radical (unpaired) electrons. The topological polar surface area (TPSA) is 66.6 Å². The van der Waals surface area contributed by atoms with Crippen molar-refractivity contribution in [2.24, 2.45) is 5.73 Å². The molecule has 2 rings (SSSR count). The molecule has 1 aromatic rings. The Morgan fingerprint density at radius 2 is 1.86 bits per heavy atom. The van der Waals surface area contributed by atoms with Gasteiger partial charge in [-0.05, 0) is 30.7 Å². The lowest BCUT2D eigenvalue weighted by Gasteiger charge is -2.26. The minimum Gasteiger partial charge on any atom is -0.369 e. The van der Waals surface area contributed by atoms with E-state index in [0.717, 1.165) is 10.6 Å². The number of carbonyl (C=O) groups is 2. The van der Waals surface area contributed by atoms with Crippen molar-refractivity contribution in [2.75, 3.05) is 25.0 Å². The van der Waals surface area contributed by atoms with Gasteiger partial charge in [0.15, 0.2) is 0 Å². The third-order valence-electron chi connectivity index (χ3n) is 3.79. The van der Waals surface area contributed by atoms with Crippen LogP contribution in [0.15, 0.2) is 24.3 Å². The highest BCUT2D eigenvalue weighted by molar-refractivity contribution is 5.93. The zero-order chi connectivity index (χ0) is 16.5. The van der Waals surface area contributed by atoms with E-state index in [1.165, 1.54) is 7.05 Å². The maximum atomic E-state index is 12.4. The van der Waals surface area contributed by atoms with Gasteiger partial charge in [-0.3, -0.25) is 9.59 Å². The van der Waals surface area contributed by atoms with Crippen molar-refractivity contribution < 1.29 is 22.8 Å². The van der Waals surface area contributed by atoms with Crippen LogP contribution in [0.5, 0.6) is 0 Å². The summed E-state index contributed by atoms with van der Waals surface area (Å²) in [6, 6.07) is 6.01. The van der Waals surface area contributed by atoms with Gasteiger partial charge in [0.1, 0.15) is 0 Å². The van der Waals surface area contributed by atoms with Crippen LogP contribution in [-0.2, 0) is 4.79 Å². The molecule has 0 aliphatic carbocycles. The highest BCUT2D eigenvalue weighted by Gasteiger charge is 2.44. The smallest absolute Gasteiger partial charge is 0.369 e. The van der Waals surface area contributed by atoms with Crippen LogP contribution in [0.2, 0.25) is 0 Å². The Morgan fingerprint density at radius 1 is 1.27 bits per heavy atom. The van der Waals surface area contributed by atoms with Gasteiger partial charge in [0.05, 0.1) is 6.04 Å². The van der Waals surface area contributed by atoms with Crippen LogP contribution in [0.3, 0.4) is 0 Å². The van der Waals surface area contributed by atoms with E-state index < -0.39 is 24.0 Å². The molecule has 1 aliphatic heterocycles. The molecule has 0 aromatic heterocycles. The first-order valence-corrected chi connectivity index (χ1v) is 6.69. The number of benzene rings is 1. The Morgan fingerprint density at radius 3 is 2.36 bits per heavy atom. The van der Waals surface area contributed by atoms with Crippen molar-refractivity contribution >= 4 is 17.5 Å². The lowest BCUT2D eigenvalue weighted by atomic mass is 10.2. The summed E-state index contributed by atoms with van der Waals surface area (Å²) in [6.45, 7) is 0.851. The highest BCUT2D eigenvalue weighted by Crippen LogP contribution is 2.26. The molecule has 1 heterocycles. The van der Waals surface area contributed by atoms with Crippen molar-refractivity contribution in [3.05, 3.63) is 29.8 Å². The van der Waals surface area contributed by atoms with Crippen LogP contribution >= 0.6 is 0 Å². The average molecular weight is 315 g/mol. The summed E-state index contributed by atoms with van der Waals surface area (Å²) in [7, 11) is 1.17. The monoisotopic (exact) mass is 315 g/mol. The summed E-state index contributed by atoms with van der Waals surface area (Å²) in [6.07, 6.45) is -4.40. The number of likely N-dealkylation sites (N-methyl/N-ethyl adjacent to an activating group) is 1. The number of nitrogens with two attached hydrogens (primary N) is 1. The van der Waals surface area contributed by atoms with Crippen molar-refractivity contribution in [1.82, 2.24) is 4.90 Å². The molecule has 2 N–H and O–H groups in total. The molecular formula is C14H16F3N3O2. The Kier molecular flexibility index (Phi) is 4.30. The second-order valence-electron chi connectivity index (χ2n) is 5.21. The largest absolute Gasteiger partial charge is 0.471 e. The van der Waals surface area contributed by atoms with Gasteiger partial charge in [0.25, 0.3) is 0 Å². The molecule has 1 atom stereocenters. The van der Waals surface area contributed by atoms with E-state index in [1.807, 2.05) is 4.90 Å². The molecule has 1 fully saturated rings. The summed E-state index contributed by atoms with van der Waals surface area (Å²) in [5.41, 5.74) is 6.29. The molecule has 0 spiro atoms. The number of hydrogen-bond donors (Lipinski definition) is 1. The van der Waals surface area contributed by atoms with Crippen LogP contribution in [0, 0.1) is 0 Å². The number of anilines is 1. The summed E-state index contributed by atoms with van der Waals surface area (Å²) >= 11 is 0. The third-order valence-corrected chi connectivity index (χ3v) is 3.79. The molecule has 2 amide bonds. The zero-order valence-corrected chi connectivity index (χ0v) is 11.9. The molecule has 0 saturated carbocycles. The summed E-state index contributed by atoms with van der Waals surface area (Å²) < 4.78 is 37.3. The summed E-state index contributed by atoms with van der Waals surface area (Å²) in [5, 5.41) is 0. The Hall–Kier alpha value is -2.25. The molecule has 1 aromatic carbocycles. The minimum absolute atomic E-state index is 0.314. The second kappa shape index (κ2) is 5.86. The minimum atomic E-state index is -4.86. The zero-order valence-electron chi connectivity index (χ0n) is 11.9. The van der Waals surface area contributed by atoms with Crippen LogP contribution < -0.4 is 10.6 Å². The number of primary amides is 1. The fourth-order valence-corrected chi connectivity index (χ4v) is 2.49. The maximum absolute atomic E-state index is 12.4. The van der Waals surface area contributed by atoms with Crippen molar-refractivity contribution in [3.8, 4) is 0 Å². The van der Waals surface area contributed by atoms with Gasteiger partial charge in [-0.25, -0.2) is 0 Å². The number of rotatable bonds is 3. The van der Waals surface area contributed by atoms with Gasteiger partial charge >= 0.3 is 12.1 Å². The normalized spacial score (nSPS) is 18.4. The summed E-state index contributed by atoms with van der Waals surface area (Å²) in [5.74, 6) is -2.37. The van der Waals surface area contributed by atoms with E-state index in [0.29, 0.717) is 25.1 Å². The molecule has 1 unspecified atom stereocenters. The van der Waals surface area contributed by atoms with Gasteiger partial charge in [-0.2, -0.15) is 13.2 Å². The van der Waals surface area contributed by atoms with Crippen LogP contribution in [0.4, 0.5) is 18.9 Å². The maximum Gasteiger partial charge on any atom is 0.471 e. The first-order valence-electron chi connectivity index (χ1n) is 6.69. The van der Waals surface area contributed by atoms with Gasteiger partial charge in [0.2, 0.25) is 5.91 Å². The Bertz CT molecular complexity index is 572. The average Bonchev–Trinajstić information content (AvgIpc) is 2.94. The lowest BCUT2D eigenvalue weighted by Crippen LogP contribution is -2.45. The second-order valence-corrected chi connectivity index (χ2v) is 5.21. The van der Waals surface area contributed by atoms with Gasteiger partial charge in [-0.1, -0.05) is 0 Å². The fraction of sp³-hybridized carbons (Fsp3) is 0.429. The van der Waals surface area contributed by atoms with E-state index >= 15 is 0 Å².